The molecular formula is C15H16FNO2S. The Balaban J connectivity index is 2.33. The molecule has 0 bridgehead atoms. The van der Waals surface area contributed by atoms with Crippen LogP contribution in [0.3, 0.4) is 0 Å². The van der Waals surface area contributed by atoms with E-state index in [1.165, 1.54) is 23.5 Å². The topological polar surface area (TPSA) is 52.3 Å². The summed E-state index contributed by atoms with van der Waals surface area (Å²) in [5, 5.41) is 0. The summed E-state index contributed by atoms with van der Waals surface area (Å²) in [6.07, 6.45) is 0. The average Bonchev–Trinajstić information content (AvgIpc) is 2.69. The van der Waals surface area contributed by atoms with Crippen LogP contribution in [0.25, 0.3) is 10.4 Å². The molecule has 0 radical (unpaired) electrons. The molecule has 1 aromatic heterocycles. The summed E-state index contributed by atoms with van der Waals surface area (Å²) in [6, 6.07) is 7.83. The molecule has 0 aliphatic rings. The van der Waals surface area contributed by atoms with E-state index in [-0.39, 0.29) is 5.82 Å². The zero-order chi connectivity index (χ0) is 14.9. The number of esters is 1. The molecule has 2 aromatic rings. The van der Waals surface area contributed by atoms with Gasteiger partial charge in [0.25, 0.3) is 0 Å². The van der Waals surface area contributed by atoms with Gasteiger partial charge in [0.15, 0.2) is 0 Å². The van der Waals surface area contributed by atoms with Crippen molar-refractivity contribution in [3.8, 4) is 10.4 Å². The zero-order valence-electron chi connectivity index (χ0n) is 11.6. The molecule has 0 atom stereocenters. The van der Waals surface area contributed by atoms with Gasteiger partial charge in [-0.15, -0.1) is 11.3 Å². The van der Waals surface area contributed by atoms with Gasteiger partial charge in [0.2, 0.25) is 0 Å². The largest absolute Gasteiger partial charge is 0.456 e. The Labute approximate surface area is 121 Å². The van der Waals surface area contributed by atoms with E-state index in [4.69, 9.17) is 10.5 Å². The lowest BCUT2D eigenvalue weighted by Gasteiger charge is -2.18. The summed E-state index contributed by atoms with van der Waals surface area (Å²) in [5.41, 5.74) is 6.32. The van der Waals surface area contributed by atoms with Crippen LogP contribution >= 0.6 is 11.3 Å². The highest BCUT2D eigenvalue weighted by Gasteiger charge is 2.22. The molecule has 1 aromatic carbocycles. The first kappa shape index (κ1) is 14.5. The SMILES string of the molecule is CC(C)(C)OC(=O)c1sc(-c2cccc(F)c2)cc1N. The van der Waals surface area contributed by atoms with E-state index in [1.807, 2.05) is 0 Å². The van der Waals surface area contributed by atoms with Gasteiger partial charge in [-0.1, -0.05) is 12.1 Å². The standard InChI is InChI=1S/C15H16FNO2S/c1-15(2,3)19-14(18)13-11(17)8-12(20-13)9-5-4-6-10(16)7-9/h4-8H,17H2,1-3H3. The molecule has 0 saturated carbocycles. The van der Waals surface area contributed by atoms with Crippen LogP contribution in [-0.2, 0) is 4.74 Å². The average molecular weight is 293 g/mol. The molecule has 0 amide bonds. The summed E-state index contributed by atoms with van der Waals surface area (Å²) in [7, 11) is 0. The lowest BCUT2D eigenvalue weighted by Crippen LogP contribution is -2.23. The van der Waals surface area contributed by atoms with Crippen molar-refractivity contribution in [1.82, 2.24) is 0 Å². The molecule has 106 valence electrons. The predicted molar refractivity (Wildman–Crippen MR) is 79.3 cm³/mol. The van der Waals surface area contributed by atoms with Crippen molar-refractivity contribution in [3.05, 3.63) is 41.0 Å². The summed E-state index contributed by atoms with van der Waals surface area (Å²) in [5.74, 6) is -0.782. The first-order valence-electron chi connectivity index (χ1n) is 6.15. The second kappa shape index (κ2) is 5.25. The van der Waals surface area contributed by atoms with Gasteiger partial charge in [0.05, 0.1) is 5.69 Å². The van der Waals surface area contributed by atoms with Crippen molar-refractivity contribution in [3.63, 3.8) is 0 Å². The Morgan fingerprint density at radius 1 is 1.30 bits per heavy atom. The number of carbonyl (C=O) groups is 1. The van der Waals surface area contributed by atoms with E-state index in [0.29, 0.717) is 16.1 Å². The third-order valence-corrected chi connectivity index (χ3v) is 3.63. The molecular weight excluding hydrogens is 277 g/mol. The van der Waals surface area contributed by atoms with Gasteiger partial charge in [-0.25, -0.2) is 9.18 Å². The number of nitrogen functional groups attached to an aromatic ring is 1. The highest BCUT2D eigenvalue weighted by atomic mass is 32.1. The summed E-state index contributed by atoms with van der Waals surface area (Å²) in [6.45, 7) is 5.38. The third-order valence-electron chi connectivity index (χ3n) is 2.45. The predicted octanol–water partition coefficient (Wildman–Crippen LogP) is 4.09. The highest BCUT2D eigenvalue weighted by molar-refractivity contribution is 7.18. The Morgan fingerprint density at radius 3 is 2.60 bits per heavy atom. The molecule has 2 N–H and O–H groups in total. The van der Waals surface area contributed by atoms with Crippen molar-refractivity contribution in [1.29, 1.82) is 0 Å². The van der Waals surface area contributed by atoms with Crippen LogP contribution < -0.4 is 5.73 Å². The maximum Gasteiger partial charge on any atom is 0.350 e. The zero-order valence-corrected chi connectivity index (χ0v) is 12.4. The second-order valence-electron chi connectivity index (χ2n) is 5.41. The first-order chi connectivity index (χ1) is 9.26. The number of thiophene rings is 1. The van der Waals surface area contributed by atoms with Gasteiger partial charge < -0.3 is 10.5 Å². The number of hydrogen-bond donors (Lipinski definition) is 1. The van der Waals surface area contributed by atoms with Crippen molar-refractivity contribution in [2.75, 3.05) is 5.73 Å². The summed E-state index contributed by atoms with van der Waals surface area (Å²) in [4.78, 5) is 13.1. The molecule has 0 aliphatic carbocycles. The van der Waals surface area contributed by atoms with Crippen molar-refractivity contribution in [2.24, 2.45) is 0 Å². The third kappa shape index (κ3) is 3.36. The minimum absolute atomic E-state index is 0.326. The van der Waals surface area contributed by atoms with Crippen LogP contribution in [-0.4, -0.2) is 11.6 Å². The molecule has 0 aliphatic heterocycles. The Kier molecular flexibility index (Phi) is 3.81. The molecule has 0 saturated heterocycles. The lowest BCUT2D eigenvalue weighted by molar-refractivity contribution is 0.00764. The normalized spacial score (nSPS) is 11.4. The quantitative estimate of drug-likeness (QED) is 0.848. The van der Waals surface area contributed by atoms with Gasteiger partial charge in [-0.2, -0.15) is 0 Å². The van der Waals surface area contributed by atoms with E-state index in [9.17, 15) is 9.18 Å². The molecule has 20 heavy (non-hydrogen) atoms. The Bertz CT molecular complexity index is 644. The summed E-state index contributed by atoms with van der Waals surface area (Å²) >= 11 is 1.20. The van der Waals surface area contributed by atoms with Crippen LogP contribution in [0.1, 0.15) is 30.4 Å². The fourth-order valence-corrected chi connectivity index (χ4v) is 2.63. The lowest BCUT2D eigenvalue weighted by atomic mass is 10.2. The molecule has 5 heteroatoms. The molecule has 0 fully saturated rings. The van der Waals surface area contributed by atoms with Gasteiger partial charge in [0.1, 0.15) is 16.3 Å². The number of anilines is 1. The number of nitrogens with two attached hydrogens (primary N) is 1. The van der Waals surface area contributed by atoms with Crippen LogP contribution in [0.2, 0.25) is 0 Å². The smallest absolute Gasteiger partial charge is 0.350 e. The second-order valence-corrected chi connectivity index (χ2v) is 6.46. The fourth-order valence-electron chi connectivity index (χ4n) is 1.67. The van der Waals surface area contributed by atoms with Crippen LogP contribution in [0, 0.1) is 5.82 Å². The first-order valence-corrected chi connectivity index (χ1v) is 6.96. The van der Waals surface area contributed by atoms with Crippen molar-refractivity contribution in [2.45, 2.75) is 26.4 Å². The summed E-state index contributed by atoms with van der Waals surface area (Å²) < 4.78 is 18.5. The van der Waals surface area contributed by atoms with Gasteiger partial charge in [-0.3, -0.25) is 0 Å². The van der Waals surface area contributed by atoms with Crippen molar-refractivity contribution < 1.29 is 13.9 Å². The van der Waals surface area contributed by atoms with Gasteiger partial charge in [0, 0.05) is 4.88 Å². The van der Waals surface area contributed by atoms with Crippen LogP contribution in [0.5, 0.6) is 0 Å². The molecule has 3 nitrogen and oxygen atoms in total. The fraction of sp³-hybridized carbons (Fsp3) is 0.267. The number of rotatable bonds is 2. The maximum atomic E-state index is 13.2. The van der Waals surface area contributed by atoms with E-state index < -0.39 is 11.6 Å². The van der Waals surface area contributed by atoms with E-state index in [1.54, 1.807) is 39.0 Å². The number of benzene rings is 1. The van der Waals surface area contributed by atoms with E-state index in [0.717, 1.165) is 4.88 Å². The minimum Gasteiger partial charge on any atom is -0.456 e. The van der Waals surface area contributed by atoms with Crippen LogP contribution in [0.15, 0.2) is 30.3 Å². The highest BCUT2D eigenvalue weighted by Crippen LogP contribution is 2.34. The monoisotopic (exact) mass is 293 g/mol. The van der Waals surface area contributed by atoms with Gasteiger partial charge in [-0.05, 0) is 44.5 Å². The molecule has 2 rings (SSSR count). The maximum absolute atomic E-state index is 13.2. The van der Waals surface area contributed by atoms with E-state index in [2.05, 4.69) is 0 Å². The van der Waals surface area contributed by atoms with E-state index >= 15 is 0 Å². The number of carbonyl (C=O) groups excluding carboxylic acids is 1. The number of halogens is 1. The Morgan fingerprint density at radius 2 is 2.00 bits per heavy atom. The Hall–Kier alpha value is -1.88. The molecule has 1 heterocycles. The number of hydrogen-bond acceptors (Lipinski definition) is 4. The minimum atomic E-state index is -0.577. The molecule has 0 spiro atoms. The molecule has 0 unspecified atom stereocenters. The van der Waals surface area contributed by atoms with Gasteiger partial charge >= 0.3 is 5.97 Å². The van der Waals surface area contributed by atoms with Crippen LogP contribution in [0.4, 0.5) is 10.1 Å². The number of ether oxygens (including phenoxy) is 1. The van der Waals surface area contributed by atoms with Crippen molar-refractivity contribution >= 4 is 23.0 Å².